The van der Waals surface area contributed by atoms with E-state index in [2.05, 4.69) is 19.9 Å². The number of hydrogen-bond donors (Lipinski definition) is 0. The van der Waals surface area contributed by atoms with Crippen LogP contribution in [0.25, 0.3) is 16.9 Å². The van der Waals surface area contributed by atoms with Gasteiger partial charge in [-0.1, -0.05) is 25.4 Å². The predicted molar refractivity (Wildman–Crippen MR) is 99.1 cm³/mol. The summed E-state index contributed by atoms with van der Waals surface area (Å²) in [5.74, 6) is 0.954. The van der Waals surface area contributed by atoms with Gasteiger partial charge in [0.1, 0.15) is 5.52 Å². The van der Waals surface area contributed by atoms with Crippen LogP contribution in [0.2, 0.25) is 5.02 Å². The molecule has 0 aliphatic heterocycles. The van der Waals surface area contributed by atoms with Crippen molar-refractivity contribution in [2.24, 2.45) is 0 Å². The third-order valence-corrected chi connectivity index (χ3v) is 4.68. The predicted octanol–water partition coefficient (Wildman–Crippen LogP) is 4.58. The zero-order chi connectivity index (χ0) is 17.6. The van der Waals surface area contributed by atoms with Crippen molar-refractivity contribution in [2.45, 2.75) is 47.1 Å². The number of benzene rings is 1. The molecule has 0 aliphatic rings. The molecule has 0 atom stereocenters. The van der Waals surface area contributed by atoms with Gasteiger partial charge in [-0.15, -0.1) is 5.10 Å². The quantitative estimate of drug-likeness (QED) is 0.698. The van der Waals surface area contributed by atoms with Crippen LogP contribution < -0.4 is 5.56 Å². The van der Waals surface area contributed by atoms with Crippen molar-refractivity contribution in [1.29, 1.82) is 0 Å². The van der Waals surface area contributed by atoms with E-state index in [0.29, 0.717) is 22.9 Å². The van der Waals surface area contributed by atoms with Gasteiger partial charge >= 0.3 is 0 Å². The Kier molecular flexibility index (Phi) is 4.26. The lowest BCUT2D eigenvalue weighted by molar-refractivity contribution is 0.686. The number of rotatable bonds is 3. The Morgan fingerprint density at radius 3 is 2.50 bits per heavy atom. The van der Waals surface area contributed by atoms with Crippen molar-refractivity contribution < 1.29 is 0 Å². The SMILES string of the molecule is CCn1c(-c2ccc(Cl)cc2C)nn2c(C)cc(C(C)C)c2c1=O. The fourth-order valence-corrected chi connectivity index (χ4v) is 3.41. The van der Waals surface area contributed by atoms with Gasteiger partial charge in [0.15, 0.2) is 5.82 Å². The number of fused-ring (bicyclic) bond motifs is 1. The Bertz CT molecular complexity index is 982. The van der Waals surface area contributed by atoms with Gasteiger partial charge in [-0.3, -0.25) is 9.36 Å². The van der Waals surface area contributed by atoms with Crippen LogP contribution in [0.3, 0.4) is 0 Å². The fraction of sp³-hybridized carbons (Fsp3) is 0.368. The summed E-state index contributed by atoms with van der Waals surface area (Å²) in [7, 11) is 0. The summed E-state index contributed by atoms with van der Waals surface area (Å²) in [6.45, 7) is 10.7. The standard InChI is InChI=1S/C19H22ClN3O/c1-6-22-18(15-8-7-14(20)9-12(15)4)21-23-13(5)10-16(11(2)3)17(23)19(22)24/h7-11H,6H2,1-5H3. The maximum atomic E-state index is 13.1. The smallest absolute Gasteiger partial charge is 0.278 e. The lowest BCUT2D eigenvalue weighted by Gasteiger charge is -2.14. The first-order valence-corrected chi connectivity index (χ1v) is 8.62. The lowest BCUT2D eigenvalue weighted by Crippen LogP contribution is -2.26. The molecular formula is C19H22ClN3O. The zero-order valence-corrected chi connectivity index (χ0v) is 15.5. The summed E-state index contributed by atoms with van der Waals surface area (Å²) in [4.78, 5) is 13.1. The van der Waals surface area contributed by atoms with Crippen LogP contribution in [0.1, 0.15) is 43.5 Å². The highest BCUT2D eigenvalue weighted by Gasteiger charge is 2.19. The summed E-state index contributed by atoms with van der Waals surface area (Å²) in [6, 6.07) is 7.73. The molecule has 0 aliphatic carbocycles. The van der Waals surface area contributed by atoms with Crippen LogP contribution in [-0.4, -0.2) is 14.2 Å². The van der Waals surface area contributed by atoms with Gasteiger partial charge in [0.05, 0.1) is 0 Å². The number of aromatic nitrogens is 3. The monoisotopic (exact) mass is 343 g/mol. The normalized spacial score (nSPS) is 11.6. The third-order valence-electron chi connectivity index (χ3n) is 4.45. The van der Waals surface area contributed by atoms with E-state index in [1.54, 1.807) is 9.08 Å². The van der Waals surface area contributed by atoms with Crippen molar-refractivity contribution in [3.63, 3.8) is 0 Å². The molecule has 0 unspecified atom stereocenters. The van der Waals surface area contributed by atoms with E-state index in [1.807, 2.05) is 39.0 Å². The van der Waals surface area contributed by atoms with E-state index >= 15 is 0 Å². The molecule has 0 radical (unpaired) electrons. The molecule has 4 nitrogen and oxygen atoms in total. The maximum Gasteiger partial charge on any atom is 0.278 e. The summed E-state index contributed by atoms with van der Waals surface area (Å²) >= 11 is 6.07. The van der Waals surface area contributed by atoms with Crippen LogP contribution >= 0.6 is 11.6 Å². The molecule has 3 rings (SSSR count). The fourth-order valence-electron chi connectivity index (χ4n) is 3.18. The molecule has 2 aromatic heterocycles. The maximum absolute atomic E-state index is 13.1. The van der Waals surface area contributed by atoms with Gasteiger partial charge in [0, 0.05) is 22.8 Å². The van der Waals surface area contributed by atoms with Gasteiger partial charge in [-0.2, -0.15) is 0 Å². The second-order valence-electron chi connectivity index (χ2n) is 6.49. The van der Waals surface area contributed by atoms with Crippen molar-refractivity contribution in [1.82, 2.24) is 14.2 Å². The molecule has 0 N–H and O–H groups in total. The van der Waals surface area contributed by atoms with Gasteiger partial charge in [0.25, 0.3) is 5.56 Å². The van der Waals surface area contributed by atoms with Crippen molar-refractivity contribution >= 4 is 17.1 Å². The third kappa shape index (κ3) is 2.55. The molecule has 5 heteroatoms. The first-order chi connectivity index (χ1) is 11.3. The molecule has 0 spiro atoms. The second kappa shape index (κ2) is 6.10. The lowest BCUT2D eigenvalue weighted by atomic mass is 10.1. The van der Waals surface area contributed by atoms with Crippen LogP contribution in [0, 0.1) is 13.8 Å². The molecule has 1 aromatic carbocycles. The molecule has 126 valence electrons. The molecule has 0 bridgehead atoms. The first-order valence-electron chi connectivity index (χ1n) is 8.24. The molecule has 0 saturated heterocycles. The highest BCUT2D eigenvalue weighted by atomic mass is 35.5. The van der Waals surface area contributed by atoms with Crippen LogP contribution in [0.5, 0.6) is 0 Å². The van der Waals surface area contributed by atoms with Crippen molar-refractivity contribution in [3.05, 3.63) is 56.5 Å². The van der Waals surface area contributed by atoms with E-state index < -0.39 is 0 Å². The number of hydrogen-bond acceptors (Lipinski definition) is 2. The van der Waals surface area contributed by atoms with Gasteiger partial charge in [-0.25, -0.2) is 4.52 Å². The Balaban J connectivity index is 2.42. The van der Waals surface area contributed by atoms with E-state index in [1.165, 1.54) is 0 Å². The summed E-state index contributed by atoms with van der Waals surface area (Å²) < 4.78 is 3.53. The molecule has 0 fully saturated rings. The number of aryl methyl sites for hydroxylation is 2. The van der Waals surface area contributed by atoms with E-state index in [9.17, 15) is 4.79 Å². The summed E-state index contributed by atoms with van der Waals surface area (Å²) in [6.07, 6.45) is 0. The molecule has 24 heavy (non-hydrogen) atoms. The average Bonchev–Trinajstić information content (AvgIpc) is 2.85. The summed E-state index contributed by atoms with van der Waals surface area (Å²) in [5.41, 5.74) is 4.64. The largest absolute Gasteiger partial charge is 0.290 e. The minimum absolute atomic E-state index is 0.00801. The molecule has 3 aromatic rings. The van der Waals surface area contributed by atoms with Gasteiger partial charge < -0.3 is 0 Å². The van der Waals surface area contributed by atoms with Crippen molar-refractivity contribution in [3.8, 4) is 11.4 Å². The van der Waals surface area contributed by atoms with Crippen molar-refractivity contribution in [2.75, 3.05) is 0 Å². The molecule has 0 amide bonds. The van der Waals surface area contributed by atoms with E-state index in [4.69, 9.17) is 16.7 Å². The Morgan fingerprint density at radius 2 is 1.92 bits per heavy atom. The highest BCUT2D eigenvalue weighted by molar-refractivity contribution is 6.30. The van der Waals surface area contributed by atoms with E-state index in [0.717, 1.165) is 22.4 Å². The van der Waals surface area contributed by atoms with Gasteiger partial charge in [-0.05, 0) is 62.1 Å². The molecule has 2 heterocycles. The Hall–Kier alpha value is -2.07. The topological polar surface area (TPSA) is 39.3 Å². The minimum Gasteiger partial charge on any atom is -0.290 e. The first kappa shape index (κ1) is 16.8. The molecule has 0 saturated carbocycles. The van der Waals surface area contributed by atoms with E-state index in [-0.39, 0.29) is 11.5 Å². The minimum atomic E-state index is 0.00801. The van der Waals surface area contributed by atoms with Crippen LogP contribution in [0.4, 0.5) is 0 Å². The van der Waals surface area contributed by atoms with Crippen LogP contribution in [0.15, 0.2) is 29.1 Å². The second-order valence-corrected chi connectivity index (χ2v) is 6.92. The Labute approximate surface area is 146 Å². The van der Waals surface area contributed by atoms with Gasteiger partial charge in [0.2, 0.25) is 0 Å². The van der Waals surface area contributed by atoms with Crippen LogP contribution in [-0.2, 0) is 6.54 Å². The average molecular weight is 344 g/mol. The summed E-state index contributed by atoms with van der Waals surface area (Å²) in [5, 5.41) is 5.49. The zero-order valence-electron chi connectivity index (χ0n) is 14.7. The highest BCUT2D eigenvalue weighted by Crippen LogP contribution is 2.26. The number of nitrogens with zero attached hydrogens (tertiary/aromatic N) is 3. The number of halogens is 1. The molecular weight excluding hydrogens is 322 g/mol. The Morgan fingerprint density at radius 1 is 1.21 bits per heavy atom.